The van der Waals surface area contributed by atoms with Crippen molar-refractivity contribution < 1.29 is 4.74 Å². The first-order valence-corrected chi connectivity index (χ1v) is 7.08. The Hall–Kier alpha value is -1.42. The lowest BCUT2D eigenvalue weighted by molar-refractivity contribution is 0.337. The van der Waals surface area contributed by atoms with Gasteiger partial charge in [-0.15, -0.1) is 0 Å². The molecule has 0 saturated carbocycles. The molecule has 0 spiro atoms. The number of thiol groups is 1. The van der Waals surface area contributed by atoms with E-state index < -0.39 is 0 Å². The summed E-state index contributed by atoms with van der Waals surface area (Å²) in [6.07, 6.45) is 0. The van der Waals surface area contributed by atoms with Crippen LogP contribution in [0.3, 0.4) is 0 Å². The maximum absolute atomic E-state index is 5.63. The lowest BCUT2D eigenvalue weighted by atomic mass is 10.0. The van der Waals surface area contributed by atoms with Crippen molar-refractivity contribution in [3.05, 3.63) is 35.0 Å². The van der Waals surface area contributed by atoms with Gasteiger partial charge in [-0.25, -0.2) is 0 Å². The summed E-state index contributed by atoms with van der Waals surface area (Å²) >= 11 is 4.28. The van der Waals surface area contributed by atoms with Gasteiger partial charge < -0.3 is 4.74 Å². The lowest BCUT2D eigenvalue weighted by Crippen LogP contribution is -1.99. The van der Waals surface area contributed by atoms with Crippen LogP contribution in [0.2, 0.25) is 0 Å². The first-order valence-electron chi connectivity index (χ1n) is 6.45. The summed E-state index contributed by atoms with van der Waals surface area (Å²) in [6.45, 7) is 6.87. The van der Waals surface area contributed by atoms with Gasteiger partial charge in [0, 0.05) is 18.4 Å². The smallest absolute Gasteiger partial charge is 0.122 e. The summed E-state index contributed by atoms with van der Waals surface area (Å²) in [6, 6.07) is 6.36. The average molecular weight is 276 g/mol. The molecule has 0 aliphatic heterocycles. The van der Waals surface area contributed by atoms with E-state index in [4.69, 9.17) is 4.74 Å². The van der Waals surface area contributed by atoms with Gasteiger partial charge in [0.05, 0.1) is 18.0 Å². The Labute approximate surface area is 120 Å². The van der Waals surface area contributed by atoms with E-state index >= 15 is 0 Å². The molecule has 0 aliphatic rings. The van der Waals surface area contributed by atoms with Gasteiger partial charge in [-0.2, -0.15) is 17.7 Å². The van der Waals surface area contributed by atoms with Crippen LogP contribution in [0.4, 0.5) is 0 Å². The minimum atomic E-state index is 0.656. The molecule has 1 aromatic heterocycles. The summed E-state index contributed by atoms with van der Waals surface area (Å²) in [7, 11) is 1.97. The minimum absolute atomic E-state index is 0.656. The van der Waals surface area contributed by atoms with Gasteiger partial charge in [0.25, 0.3) is 0 Å². The molecule has 0 N–H and O–H groups in total. The van der Waals surface area contributed by atoms with E-state index in [9.17, 15) is 0 Å². The SMILES string of the molecule is CCOc1cc(C)c(-c2cc(CS)nn2C)cc1C. The van der Waals surface area contributed by atoms with E-state index in [1.807, 2.05) is 18.7 Å². The molecular formula is C15H20N2OS. The van der Waals surface area contributed by atoms with E-state index in [1.165, 1.54) is 11.1 Å². The predicted molar refractivity (Wildman–Crippen MR) is 82.0 cm³/mol. The highest BCUT2D eigenvalue weighted by Gasteiger charge is 2.12. The second-order valence-electron chi connectivity index (χ2n) is 4.67. The molecule has 0 amide bonds. The number of aromatic nitrogens is 2. The van der Waals surface area contributed by atoms with Crippen LogP contribution >= 0.6 is 12.6 Å². The Balaban J connectivity index is 2.50. The van der Waals surface area contributed by atoms with Crippen molar-refractivity contribution in [1.29, 1.82) is 0 Å². The van der Waals surface area contributed by atoms with Crippen LogP contribution in [-0.4, -0.2) is 16.4 Å². The summed E-state index contributed by atoms with van der Waals surface area (Å²) in [4.78, 5) is 0. The van der Waals surface area contributed by atoms with Crippen LogP contribution in [-0.2, 0) is 12.8 Å². The molecule has 102 valence electrons. The lowest BCUT2D eigenvalue weighted by Gasteiger charge is -2.12. The van der Waals surface area contributed by atoms with Crippen molar-refractivity contribution in [2.24, 2.45) is 7.05 Å². The van der Waals surface area contributed by atoms with Crippen molar-refractivity contribution in [2.75, 3.05) is 6.61 Å². The molecule has 1 aromatic carbocycles. The van der Waals surface area contributed by atoms with Crippen LogP contribution in [0.5, 0.6) is 5.75 Å². The van der Waals surface area contributed by atoms with Crippen molar-refractivity contribution in [3.63, 3.8) is 0 Å². The minimum Gasteiger partial charge on any atom is -0.494 e. The van der Waals surface area contributed by atoms with Gasteiger partial charge in [0.2, 0.25) is 0 Å². The fraction of sp³-hybridized carbons (Fsp3) is 0.400. The molecule has 0 fully saturated rings. The number of hydrogen-bond donors (Lipinski definition) is 1. The van der Waals surface area contributed by atoms with Crippen LogP contribution < -0.4 is 4.74 Å². The molecule has 0 aliphatic carbocycles. The summed E-state index contributed by atoms with van der Waals surface area (Å²) in [5, 5.41) is 4.44. The largest absolute Gasteiger partial charge is 0.494 e. The van der Waals surface area contributed by atoms with Crippen molar-refractivity contribution in [1.82, 2.24) is 9.78 Å². The monoisotopic (exact) mass is 276 g/mol. The van der Waals surface area contributed by atoms with E-state index in [1.54, 1.807) is 0 Å². The van der Waals surface area contributed by atoms with Gasteiger partial charge in [-0.1, -0.05) is 0 Å². The number of aryl methyl sites for hydroxylation is 3. The number of rotatable bonds is 4. The zero-order chi connectivity index (χ0) is 14.0. The second-order valence-corrected chi connectivity index (χ2v) is 4.98. The van der Waals surface area contributed by atoms with E-state index in [2.05, 4.69) is 49.8 Å². The maximum Gasteiger partial charge on any atom is 0.122 e. The standard InChI is InChI=1S/C15H20N2OS/c1-5-18-15-7-10(2)13(6-11(15)3)14-8-12(9-19)16-17(14)4/h6-8,19H,5,9H2,1-4H3. The van der Waals surface area contributed by atoms with E-state index in [-0.39, 0.29) is 0 Å². The van der Waals surface area contributed by atoms with Crippen LogP contribution in [0.1, 0.15) is 23.7 Å². The number of hydrogen-bond acceptors (Lipinski definition) is 3. The Morgan fingerprint density at radius 2 is 1.95 bits per heavy atom. The maximum atomic E-state index is 5.63. The normalized spacial score (nSPS) is 10.8. The summed E-state index contributed by atoms with van der Waals surface area (Å²) in [5.41, 5.74) is 5.65. The van der Waals surface area contributed by atoms with Gasteiger partial charge in [-0.3, -0.25) is 4.68 Å². The summed E-state index contributed by atoms with van der Waals surface area (Å²) in [5.74, 6) is 1.61. The average Bonchev–Trinajstić information content (AvgIpc) is 2.75. The van der Waals surface area contributed by atoms with Gasteiger partial charge >= 0.3 is 0 Å². The van der Waals surface area contributed by atoms with Crippen molar-refractivity contribution >= 4 is 12.6 Å². The molecule has 19 heavy (non-hydrogen) atoms. The van der Waals surface area contributed by atoms with Crippen LogP contribution in [0.15, 0.2) is 18.2 Å². The number of ether oxygens (including phenoxy) is 1. The zero-order valence-electron chi connectivity index (χ0n) is 11.9. The Morgan fingerprint density at radius 3 is 2.53 bits per heavy atom. The molecule has 0 atom stereocenters. The fourth-order valence-corrected chi connectivity index (χ4v) is 2.39. The topological polar surface area (TPSA) is 27.1 Å². The molecule has 0 saturated heterocycles. The van der Waals surface area contributed by atoms with Crippen molar-refractivity contribution in [3.8, 4) is 17.0 Å². The van der Waals surface area contributed by atoms with E-state index in [0.717, 1.165) is 22.7 Å². The van der Waals surface area contributed by atoms with Gasteiger partial charge in [0.1, 0.15) is 5.75 Å². The van der Waals surface area contributed by atoms with Crippen molar-refractivity contribution in [2.45, 2.75) is 26.5 Å². The third-order valence-corrected chi connectivity index (χ3v) is 3.51. The molecule has 4 heteroatoms. The molecule has 1 heterocycles. The second kappa shape index (κ2) is 5.70. The summed E-state index contributed by atoms with van der Waals surface area (Å²) < 4.78 is 7.54. The van der Waals surface area contributed by atoms with Gasteiger partial charge in [-0.05, 0) is 50.1 Å². The van der Waals surface area contributed by atoms with Crippen LogP contribution in [0, 0.1) is 13.8 Å². The zero-order valence-corrected chi connectivity index (χ0v) is 12.8. The molecule has 0 bridgehead atoms. The fourth-order valence-electron chi connectivity index (χ4n) is 2.23. The molecule has 0 radical (unpaired) electrons. The highest BCUT2D eigenvalue weighted by Crippen LogP contribution is 2.30. The first-order chi connectivity index (χ1) is 9.06. The molecule has 2 aromatic rings. The quantitative estimate of drug-likeness (QED) is 0.865. The molecule has 0 unspecified atom stereocenters. The Morgan fingerprint density at radius 1 is 1.21 bits per heavy atom. The third-order valence-electron chi connectivity index (χ3n) is 3.19. The Bertz CT molecular complexity index is 590. The van der Waals surface area contributed by atoms with Gasteiger partial charge in [0.15, 0.2) is 0 Å². The molecular weight excluding hydrogens is 256 g/mol. The predicted octanol–water partition coefficient (Wildman–Crippen LogP) is 3.53. The first kappa shape index (κ1) is 14.0. The Kier molecular flexibility index (Phi) is 4.20. The number of nitrogens with zero attached hydrogens (tertiary/aromatic N) is 2. The highest BCUT2D eigenvalue weighted by atomic mass is 32.1. The highest BCUT2D eigenvalue weighted by molar-refractivity contribution is 7.79. The number of benzene rings is 1. The molecule has 3 nitrogen and oxygen atoms in total. The van der Waals surface area contributed by atoms with Crippen LogP contribution in [0.25, 0.3) is 11.3 Å². The molecule has 2 rings (SSSR count). The van der Waals surface area contributed by atoms with E-state index in [0.29, 0.717) is 12.4 Å². The third kappa shape index (κ3) is 2.78.